The standard InChI is InChI=1S/C22H17ClN4O3/c23-19-6-2-1-4-16(19)14-30-17-9-7-15(8-10-17)20-12-21(26-25-20)22(28)27-24-13-18-5-3-11-29-18/h1-13H,14H2,(H,25,26)(H,27,28). The average Bonchev–Trinajstić information content (AvgIpc) is 3.46. The number of H-pyrrole nitrogens is 1. The molecule has 4 aromatic rings. The molecule has 0 atom stereocenters. The molecule has 2 aromatic carbocycles. The van der Waals surface area contributed by atoms with Gasteiger partial charge in [-0.1, -0.05) is 29.8 Å². The predicted octanol–water partition coefficient (Wildman–Crippen LogP) is 4.67. The number of furan rings is 1. The van der Waals surface area contributed by atoms with Crippen molar-refractivity contribution in [2.45, 2.75) is 6.61 Å². The van der Waals surface area contributed by atoms with Gasteiger partial charge in [-0.25, -0.2) is 5.43 Å². The van der Waals surface area contributed by atoms with Crippen molar-refractivity contribution in [2.24, 2.45) is 5.10 Å². The summed E-state index contributed by atoms with van der Waals surface area (Å²) >= 11 is 6.14. The summed E-state index contributed by atoms with van der Waals surface area (Å²) in [5.74, 6) is 0.841. The number of benzene rings is 2. The normalized spacial score (nSPS) is 11.0. The van der Waals surface area contributed by atoms with Crippen molar-refractivity contribution in [1.82, 2.24) is 15.6 Å². The molecule has 2 heterocycles. The topological polar surface area (TPSA) is 92.5 Å². The number of ether oxygens (including phenoxy) is 1. The van der Waals surface area contributed by atoms with Crippen LogP contribution in [0.5, 0.6) is 5.75 Å². The van der Waals surface area contributed by atoms with Gasteiger partial charge in [0.1, 0.15) is 23.8 Å². The summed E-state index contributed by atoms with van der Waals surface area (Å²) in [6.07, 6.45) is 2.94. The Morgan fingerprint density at radius 2 is 2.00 bits per heavy atom. The third-order valence-corrected chi connectivity index (χ3v) is 4.59. The number of hydrogen-bond donors (Lipinski definition) is 2. The monoisotopic (exact) mass is 420 g/mol. The van der Waals surface area contributed by atoms with Crippen LogP contribution in [0.25, 0.3) is 11.3 Å². The van der Waals surface area contributed by atoms with E-state index in [1.807, 2.05) is 48.5 Å². The van der Waals surface area contributed by atoms with Gasteiger partial charge in [0.05, 0.1) is 18.2 Å². The molecular weight excluding hydrogens is 404 g/mol. The summed E-state index contributed by atoms with van der Waals surface area (Å²) in [6, 6.07) is 20.1. The average molecular weight is 421 g/mol. The number of carbonyl (C=O) groups is 1. The first-order valence-corrected chi connectivity index (χ1v) is 9.46. The number of nitrogens with one attached hydrogen (secondary N) is 2. The maximum Gasteiger partial charge on any atom is 0.289 e. The molecule has 4 rings (SSSR count). The van der Waals surface area contributed by atoms with Gasteiger partial charge in [0.25, 0.3) is 5.91 Å². The van der Waals surface area contributed by atoms with Crippen LogP contribution in [0.2, 0.25) is 5.02 Å². The zero-order valence-electron chi connectivity index (χ0n) is 15.7. The van der Waals surface area contributed by atoms with Crippen molar-refractivity contribution in [3.8, 4) is 17.0 Å². The van der Waals surface area contributed by atoms with Crippen LogP contribution in [0.1, 0.15) is 21.8 Å². The Balaban J connectivity index is 1.36. The molecule has 0 aliphatic rings. The van der Waals surface area contributed by atoms with Crippen molar-refractivity contribution in [1.29, 1.82) is 0 Å². The van der Waals surface area contributed by atoms with Crippen LogP contribution in [0.15, 0.2) is 82.5 Å². The van der Waals surface area contributed by atoms with E-state index in [0.717, 1.165) is 11.1 Å². The van der Waals surface area contributed by atoms with Gasteiger partial charge < -0.3 is 9.15 Å². The Morgan fingerprint density at radius 3 is 2.77 bits per heavy atom. The molecule has 8 heteroatoms. The Kier molecular flexibility index (Phi) is 5.91. The van der Waals surface area contributed by atoms with Gasteiger partial charge in [0.2, 0.25) is 0 Å². The Morgan fingerprint density at radius 1 is 1.17 bits per heavy atom. The van der Waals surface area contributed by atoms with Crippen molar-refractivity contribution in [3.05, 3.63) is 95.0 Å². The van der Waals surface area contributed by atoms with Gasteiger partial charge in [-0.3, -0.25) is 9.89 Å². The second kappa shape index (κ2) is 9.11. The fourth-order valence-electron chi connectivity index (χ4n) is 2.66. The van der Waals surface area contributed by atoms with Gasteiger partial charge in [-0.2, -0.15) is 10.2 Å². The molecule has 1 amide bonds. The molecule has 2 aromatic heterocycles. The Bertz CT molecular complexity index is 1150. The number of aromatic amines is 1. The molecular formula is C22H17ClN4O3. The quantitative estimate of drug-likeness (QED) is 0.336. The Hall–Kier alpha value is -3.84. The van der Waals surface area contributed by atoms with E-state index >= 15 is 0 Å². The van der Waals surface area contributed by atoms with Gasteiger partial charge in [0, 0.05) is 16.1 Å². The summed E-state index contributed by atoms with van der Waals surface area (Å²) in [6.45, 7) is 0.379. The fraction of sp³-hybridized carbons (Fsp3) is 0.0455. The molecule has 0 saturated carbocycles. The zero-order valence-corrected chi connectivity index (χ0v) is 16.5. The highest BCUT2D eigenvalue weighted by molar-refractivity contribution is 6.31. The largest absolute Gasteiger partial charge is 0.489 e. The van der Waals surface area contributed by atoms with E-state index in [1.165, 1.54) is 12.5 Å². The zero-order chi connectivity index (χ0) is 20.8. The van der Waals surface area contributed by atoms with Crippen LogP contribution in [-0.2, 0) is 6.61 Å². The molecule has 0 aliphatic heterocycles. The Labute approximate surface area is 177 Å². The summed E-state index contributed by atoms with van der Waals surface area (Å²) in [4.78, 5) is 12.2. The van der Waals surface area contributed by atoms with E-state index in [1.54, 1.807) is 18.2 Å². The third-order valence-electron chi connectivity index (χ3n) is 4.23. The lowest BCUT2D eigenvalue weighted by Crippen LogP contribution is -2.17. The van der Waals surface area contributed by atoms with Crippen molar-refractivity contribution in [2.75, 3.05) is 0 Å². The van der Waals surface area contributed by atoms with E-state index in [9.17, 15) is 4.79 Å². The van der Waals surface area contributed by atoms with Gasteiger partial charge in [0.15, 0.2) is 0 Å². The summed E-state index contributed by atoms with van der Waals surface area (Å²) in [5, 5.41) is 11.4. The van der Waals surface area contributed by atoms with Crippen LogP contribution >= 0.6 is 11.6 Å². The molecule has 0 fully saturated rings. The lowest BCUT2D eigenvalue weighted by atomic mass is 10.1. The highest BCUT2D eigenvalue weighted by Gasteiger charge is 2.11. The van der Waals surface area contributed by atoms with Crippen molar-refractivity contribution >= 4 is 23.7 Å². The molecule has 0 radical (unpaired) electrons. The highest BCUT2D eigenvalue weighted by Crippen LogP contribution is 2.23. The molecule has 2 N–H and O–H groups in total. The fourth-order valence-corrected chi connectivity index (χ4v) is 2.85. The van der Waals surface area contributed by atoms with Gasteiger partial charge in [-0.15, -0.1) is 0 Å². The van der Waals surface area contributed by atoms with E-state index < -0.39 is 5.91 Å². The minimum absolute atomic E-state index is 0.292. The van der Waals surface area contributed by atoms with Crippen LogP contribution in [0.4, 0.5) is 0 Å². The summed E-state index contributed by atoms with van der Waals surface area (Å²) in [5.41, 5.74) is 5.10. The number of hydrazone groups is 1. The third kappa shape index (κ3) is 4.76. The smallest absolute Gasteiger partial charge is 0.289 e. The highest BCUT2D eigenvalue weighted by atomic mass is 35.5. The second-order valence-electron chi connectivity index (χ2n) is 6.29. The number of carbonyl (C=O) groups excluding carboxylic acids is 1. The maximum atomic E-state index is 12.2. The van der Waals surface area contributed by atoms with Crippen LogP contribution in [0, 0.1) is 0 Å². The van der Waals surface area contributed by atoms with E-state index in [0.29, 0.717) is 34.5 Å². The predicted molar refractivity (Wildman–Crippen MR) is 114 cm³/mol. The first-order chi connectivity index (χ1) is 14.7. The molecule has 30 heavy (non-hydrogen) atoms. The number of amides is 1. The maximum absolute atomic E-state index is 12.2. The molecule has 150 valence electrons. The minimum atomic E-state index is -0.406. The molecule has 0 spiro atoms. The van der Waals surface area contributed by atoms with Crippen molar-refractivity contribution < 1.29 is 13.9 Å². The molecule has 7 nitrogen and oxygen atoms in total. The van der Waals surface area contributed by atoms with Gasteiger partial charge in [-0.05, 0) is 48.5 Å². The van der Waals surface area contributed by atoms with Crippen LogP contribution in [-0.4, -0.2) is 22.3 Å². The summed E-state index contributed by atoms with van der Waals surface area (Å²) < 4.78 is 10.9. The lowest BCUT2D eigenvalue weighted by Gasteiger charge is -2.08. The first-order valence-electron chi connectivity index (χ1n) is 9.08. The van der Waals surface area contributed by atoms with Crippen LogP contribution < -0.4 is 10.2 Å². The molecule has 0 saturated heterocycles. The molecule has 0 aliphatic carbocycles. The van der Waals surface area contributed by atoms with Crippen LogP contribution in [0.3, 0.4) is 0 Å². The number of rotatable bonds is 7. The number of nitrogens with zero attached hydrogens (tertiary/aromatic N) is 2. The summed E-state index contributed by atoms with van der Waals surface area (Å²) in [7, 11) is 0. The number of halogens is 1. The number of aromatic nitrogens is 2. The van der Waals surface area contributed by atoms with E-state index in [-0.39, 0.29) is 0 Å². The second-order valence-corrected chi connectivity index (χ2v) is 6.69. The van der Waals surface area contributed by atoms with E-state index in [2.05, 4.69) is 20.7 Å². The van der Waals surface area contributed by atoms with Crippen molar-refractivity contribution in [3.63, 3.8) is 0 Å². The molecule has 0 bridgehead atoms. The number of hydrogen-bond acceptors (Lipinski definition) is 5. The SMILES string of the molecule is O=C(NN=Cc1ccco1)c1cc(-c2ccc(OCc3ccccc3Cl)cc2)n[nH]1. The lowest BCUT2D eigenvalue weighted by molar-refractivity contribution is 0.0950. The van der Waals surface area contributed by atoms with Gasteiger partial charge >= 0.3 is 0 Å². The molecule has 0 unspecified atom stereocenters. The minimum Gasteiger partial charge on any atom is -0.489 e. The first kappa shape index (κ1) is 19.5. The van der Waals surface area contributed by atoms with E-state index in [4.69, 9.17) is 20.8 Å².